The number of halogens is 4. The van der Waals surface area contributed by atoms with Crippen molar-refractivity contribution in [2.45, 2.75) is 17.1 Å². The zero-order valence-electron chi connectivity index (χ0n) is 9.87. The van der Waals surface area contributed by atoms with E-state index in [0.29, 0.717) is 11.6 Å². The Morgan fingerprint density at radius 2 is 1.85 bits per heavy atom. The van der Waals surface area contributed by atoms with Crippen molar-refractivity contribution >= 4 is 11.8 Å². The molecule has 8 heteroatoms. The summed E-state index contributed by atoms with van der Waals surface area (Å²) in [5.74, 6) is -0.130. The molecule has 1 aromatic heterocycles. The Balaban J connectivity index is 2.15. The van der Waals surface area contributed by atoms with Crippen molar-refractivity contribution in [2.75, 3.05) is 0 Å². The second-order valence-electron chi connectivity index (χ2n) is 3.85. The van der Waals surface area contributed by atoms with E-state index in [-0.39, 0.29) is 10.9 Å². The van der Waals surface area contributed by atoms with Crippen molar-refractivity contribution in [1.82, 2.24) is 9.97 Å². The molecule has 0 amide bonds. The number of benzene rings is 1. The minimum atomic E-state index is -4.67. The van der Waals surface area contributed by atoms with Crippen molar-refractivity contribution < 1.29 is 17.6 Å². The van der Waals surface area contributed by atoms with E-state index in [0.717, 1.165) is 11.8 Å². The molecule has 0 aliphatic heterocycles. The molecular formula is C12H8F4N2OS. The van der Waals surface area contributed by atoms with E-state index in [9.17, 15) is 22.4 Å². The molecule has 2 aromatic rings. The zero-order chi connectivity index (χ0) is 14.8. The van der Waals surface area contributed by atoms with E-state index >= 15 is 0 Å². The summed E-state index contributed by atoms with van der Waals surface area (Å²) in [7, 11) is 0. The molecule has 0 saturated carbocycles. The first-order valence-electron chi connectivity index (χ1n) is 5.40. The number of hydrogen-bond donors (Lipinski definition) is 1. The fourth-order valence-corrected chi connectivity index (χ4v) is 2.21. The maximum Gasteiger partial charge on any atom is 0.433 e. The van der Waals surface area contributed by atoms with Crippen LogP contribution in [0.15, 0.2) is 40.3 Å². The lowest BCUT2D eigenvalue weighted by Gasteiger charge is -2.07. The van der Waals surface area contributed by atoms with Crippen LogP contribution < -0.4 is 5.56 Å². The molecule has 0 spiro atoms. The average Bonchev–Trinajstić information content (AvgIpc) is 2.36. The Labute approximate surface area is 115 Å². The van der Waals surface area contributed by atoms with Gasteiger partial charge in [0, 0.05) is 11.8 Å². The van der Waals surface area contributed by atoms with E-state index in [1.165, 1.54) is 24.3 Å². The molecule has 0 aliphatic rings. The van der Waals surface area contributed by atoms with Crippen LogP contribution in [0.2, 0.25) is 0 Å². The molecule has 1 aromatic carbocycles. The fraction of sp³-hybridized carbons (Fsp3) is 0.167. The predicted molar refractivity (Wildman–Crippen MR) is 65.8 cm³/mol. The van der Waals surface area contributed by atoms with Crippen LogP contribution in [0.4, 0.5) is 17.6 Å². The third-order valence-electron chi connectivity index (χ3n) is 2.30. The van der Waals surface area contributed by atoms with E-state index in [4.69, 9.17) is 0 Å². The Hall–Kier alpha value is -1.83. The standard InChI is InChI=1S/C12H8F4N2OS/c13-8-3-1-7(2-4-8)6-20-11-17-9(12(14,15)16)5-10(19)18-11/h1-5H,6H2,(H,17,18,19). The minimum absolute atomic E-state index is 0.130. The summed E-state index contributed by atoms with van der Waals surface area (Å²) in [4.78, 5) is 16.7. The van der Waals surface area contributed by atoms with Gasteiger partial charge in [-0.15, -0.1) is 0 Å². The van der Waals surface area contributed by atoms with E-state index < -0.39 is 23.2 Å². The fourth-order valence-electron chi connectivity index (χ4n) is 1.38. The van der Waals surface area contributed by atoms with Crippen molar-refractivity contribution in [2.24, 2.45) is 0 Å². The summed E-state index contributed by atoms with van der Waals surface area (Å²) in [5, 5.41) is -0.130. The van der Waals surface area contributed by atoms with E-state index in [1.807, 2.05) is 0 Å². The molecule has 0 unspecified atom stereocenters. The summed E-state index contributed by atoms with van der Waals surface area (Å²) in [5.41, 5.74) is -1.40. The zero-order valence-corrected chi connectivity index (χ0v) is 10.7. The van der Waals surface area contributed by atoms with Crippen LogP contribution in [0.25, 0.3) is 0 Å². The van der Waals surface area contributed by atoms with E-state index in [2.05, 4.69) is 9.97 Å². The first-order valence-corrected chi connectivity index (χ1v) is 6.39. The van der Waals surface area contributed by atoms with Gasteiger partial charge < -0.3 is 4.98 Å². The van der Waals surface area contributed by atoms with Gasteiger partial charge in [0.05, 0.1) is 0 Å². The molecule has 2 rings (SSSR count). The van der Waals surface area contributed by atoms with Crippen LogP contribution in [0.1, 0.15) is 11.3 Å². The number of aromatic nitrogens is 2. The van der Waals surface area contributed by atoms with Crippen molar-refractivity contribution in [3.63, 3.8) is 0 Å². The SMILES string of the molecule is O=c1cc(C(F)(F)F)nc(SCc2ccc(F)cc2)[nH]1. The molecule has 1 heterocycles. The summed E-state index contributed by atoms with van der Waals surface area (Å²) >= 11 is 0.935. The molecule has 0 aliphatic carbocycles. The maximum absolute atomic E-state index is 12.7. The lowest BCUT2D eigenvalue weighted by Crippen LogP contribution is -2.16. The number of alkyl halides is 3. The molecular weight excluding hydrogens is 296 g/mol. The second kappa shape index (κ2) is 5.66. The van der Waals surface area contributed by atoms with Gasteiger partial charge in [-0.05, 0) is 17.7 Å². The third kappa shape index (κ3) is 3.83. The van der Waals surface area contributed by atoms with Gasteiger partial charge in [0.2, 0.25) is 0 Å². The largest absolute Gasteiger partial charge is 0.433 e. The first kappa shape index (κ1) is 14.6. The predicted octanol–water partition coefficient (Wildman–Crippen LogP) is 3.22. The lowest BCUT2D eigenvalue weighted by molar-refractivity contribution is -0.141. The second-order valence-corrected chi connectivity index (χ2v) is 4.81. The quantitative estimate of drug-likeness (QED) is 0.538. The van der Waals surface area contributed by atoms with Gasteiger partial charge in [0.15, 0.2) is 10.9 Å². The Morgan fingerprint density at radius 1 is 1.20 bits per heavy atom. The molecule has 0 atom stereocenters. The Bertz CT molecular complexity index is 652. The summed E-state index contributed by atoms with van der Waals surface area (Å²) < 4.78 is 50.2. The van der Waals surface area contributed by atoms with Crippen molar-refractivity contribution in [3.05, 3.63) is 57.8 Å². The molecule has 106 valence electrons. The number of H-pyrrole nitrogens is 1. The smallest absolute Gasteiger partial charge is 0.301 e. The highest BCUT2D eigenvalue weighted by atomic mass is 32.2. The van der Waals surface area contributed by atoms with Crippen LogP contribution in [-0.2, 0) is 11.9 Å². The number of hydrogen-bond acceptors (Lipinski definition) is 3. The molecule has 0 radical (unpaired) electrons. The first-order chi connectivity index (χ1) is 9.34. The van der Waals surface area contributed by atoms with Gasteiger partial charge in [-0.3, -0.25) is 4.79 Å². The van der Waals surface area contributed by atoms with Gasteiger partial charge in [0.25, 0.3) is 5.56 Å². The maximum atomic E-state index is 12.7. The summed E-state index contributed by atoms with van der Waals surface area (Å²) in [6.07, 6.45) is -4.67. The van der Waals surface area contributed by atoms with Gasteiger partial charge in [0.1, 0.15) is 5.82 Å². The number of thioether (sulfide) groups is 1. The number of nitrogens with one attached hydrogen (secondary N) is 1. The molecule has 1 N–H and O–H groups in total. The lowest BCUT2D eigenvalue weighted by atomic mass is 10.2. The summed E-state index contributed by atoms with van der Waals surface area (Å²) in [6, 6.07) is 5.92. The normalized spacial score (nSPS) is 11.6. The van der Waals surface area contributed by atoms with Crippen LogP contribution in [0, 0.1) is 5.82 Å². The van der Waals surface area contributed by atoms with Gasteiger partial charge in [-0.2, -0.15) is 13.2 Å². The van der Waals surface area contributed by atoms with Crippen molar-refractivity contribution in [1.29, 1.82) is 0 Å². The highest BCUT2D eigenvalue weighted by Gasteiger charge is 2.33. The molecule has 0 fully saturated rings. The Morgan fingerprint density at radius 3 is 2.45 bits per heavy atom. The summed E-state index contributed by atoms with van der Waals surface area (Å²) in [6.45, 7) is 0. The number of nitrogens with zero attached hydrogens (tertiary/aromatic N) is 1. The molecule has 3 nitrogen and oxygen atoms in total. The van der Waals surface area contributed by atoms with Gasteiger partial charge >= 0.3 is 6.18 Å². The number of aromatic amines is 1. The molecule has 0 bridgehead atoms. The highest BCUT2D eigenvalue weighted by Crippen LogP contribution is 2.28. The molecule has 0 saturated heterocycles. The highest BCUT2D eigenvalue weighted by molar-refractivity contribution is 7.98. The monoisotopic (exact) mass is 304 g/mol. The van der Waals surface area contributed by atoms with E-state index in [1.54, 1.807) is 0 Å². The number of rotatable bonds is 3. The van der Waals surface area contributed by atoms with Gasteiger partial charge in [-0.25, -0.2) is 9.37 Å². The van der Waals surface area contributed by atoms with Crippen LogP contribution in [-0.4, -0.2) is 9.97 Å². The third-order valence-corrected chi connectivity index (χ3v) is 3.24. The molecule has 20 heavy (non-hydrogen) atoms. The van der Waals surface area contributed by atoms with Crippen molar-refractivity contribution in [3.8, 4) is 0 Å². The Kier molecular flexibility index (Phi) is 4.12. The minimum Gasteiger partial charge on any atom is -0.301 e. The van der Waals surface area contributed by atoms with Gasteiger partial charge in [-0.1, -0.05) is 23.9 Å². The van der Waals surface area contributed by atoms with Crippen LogP contribution >= 0.6 is 11.8 Å². The average molecular weight is 304 g/mol. The van der Waals surface area contributed by atoms with Crippen LogP contribution in [0.3, 0.4) is 0 Å². The van der Waals surface area contributed by atoms with Crippen LogP contribution in [0.5, 0.6) is 0 Å². The topological polar surface area (TPSA) is 45.8 Å².